The van der Waals surface area contributed by atoms with Gasteiger partial charge in [0, 0.05) is 55.4 Å². The summed E-state index contributed by atoms with van der Waals surface area (Å²) in [7, 11) is 0. The summed E-state index contributed by atoms with van der Waals surface area (Å²) in [6.45, 7) is 5.28. The number of aromatic nitrogens is 3. The summed E-state index contributed by atoms with van der Waals surface area (Å²) < 4.78 is 0. The van der Waals surface area contributed by atoms with Crippen LogP contribution in [0.1, 0.15) is 23.0 Å². The van der Waals surface area contributed by atoms with E-state index in [-0.39, 0.29) is 11.8 Å². The minimum absolute atomic E-state index is 0.0863. The summed E-state index contributed by atoms with van der Waals surface area (Å²) in [4.78, 5) is 35.3. The number of hydrogen-bond acceptors (Lipinski definition) is 6. The van der Waals surface area contributed by atoms with Crippen LogP contribution in [-0.4, -0.2) is 52.9 Å². The quantitative estimate of drug-likeness (QED) is 0.299. The molecule has 2 amide bonds. The number of halogens is 1. The van der Waals surface area contributed by atoms with Gasteiger partial charge in [-0.25, -0.2) is 9.97 Å². The lowest BCUT2D eigenvalue weighted by Gasteiger charge is -2.16. The largest absolute Gasteiger partial charge is 0.368 e. The van der Waals surface area contributed by atoms with Crippen LogP contribution in [0.2, 0.25) is 5.02 Å². The number of carbonyl (C=O) groups is 2. The lowest BCUT2D eigenvalue weighted by Crippen LogP contribution is -2.29. The molecule has 0 spiro atoms. The predicted molar refractivity (Wildman–Crippen MR) is 126 cm³/mol. The Morgan fingerprint density at radius 2 is 1.56 bits per heavy atom. The Bertz CT molecular complexity index is 1050. The normalized spacial score (nSPS) is 10.5. The molecule has 0 saturated heterocycles. The smallest absolute Gasteiger partial charge is 0.267 e. The molecule has 0 fully saturated rings. The number of hydrogen-bond donors (Lipinski definition) is 5. The maximum Gasteiger partial charge on any atom is 0.267 e. The average molecular weight is 456 g/mol. The highest BCUT2D eigenvalue weighted by Crippen LogP contribution is 2.25. The molecule has 0 aliphatic heterocycles. The average Bonchev–Trinajstić information content (AvgIpc) is 3.31. The molecule has 32 heavy (non-hydrogen) atoms. The fourth-order valence-corrected chi connectivity index (χ4v) is 3.06. The SMILES string of the molecule is CC(=O)NCCNc1nc(-c2ccc(Cl)cc2)nc(NCCNC(=O)c2ccc[nH]2)c1C. The van der Waals surface area contributed by atoms with Gasteiger partial charge in [0.25, 0.3) is 5.91 Å². The molecule has 0 unspecified atom stereocenters. The van der Waals surface area contributed by atoms with Gasteiger partial charge in [0.05, 0.1) is 0 Å². The summed E-state index contributed by atoms with van der Waals surface area (Å²) in [6, 6.07) is 10.8. The number of aromatic amines is 1. The van der Waals surface area contributed by atoms with Gasteiger partial charge in [0.2, 0.25) is 5.91 Å². The van der Waals surface area contributed by atoms with Crippen molar-refractivity contribution in [3.63, 3.8) is 0 Å². The van der Waals surface area contributed by atoms with Crippen molar-refractivity contribution in [2.75, 3.05) is 36.8 Å². The second-order valence-electron chi connectivity index (χ2n) is 7.05. The molecule has 9 nitrogen and oxygen atoms in total. The van der Waals surface area contributed by atoms with Gasteiger partial charge in [-0.05, 0) is 43.3 Å². The van der Waals surface area contributed by atoms with Gasteiger partial charge in [-0.3, -0.25) is 9.59 Å². The van der Waals surface area contributed by atoms with Gasteiger partial charge < -0.3 is 26.3 Å². The third-order valence-corrected chi connectivity index (χ3v) is 4.84. The van der Waals surface area contributed by atoms with Crippen LogP contribution in [0, 0.1) is 6.92 Å². The Morgan fingerprint density at radius 3 is 2.12 bits per heavy atom. The van der Waals surface area contributed by atoms with E-state index in [1.54, 1.807) is 30.5 Å². The third kappa shape index (κ3) is 6.45. The summed E-state index contributed by atoms with van der Waals surface area (Å²) in [6.07, 6.45) is 1.70. The highest BCUT2D eigenvalue weighted by molar-refractivity contribution is 6.30. The Labute approximate surface area is 191 Å². The van der Waals surface area contributed by atoms with Crippen molar-refractivity contribution >= 4 is 35.1 Å². The molecule has 10 heteroatoms. The Morgan fingerprint density at radius 1 is 0.938 bits per heavy atom. The summed E-state index contributed by atoms with van der Waals surface area (Å²) in [5.41, 5.74) is 2.17. The summed E-state index contributed by atoms with van der Waals surface area (Å²) in [5.74, 6) is 1.59. The first-order chi connectivity index (χ1) is 15.4. The van der Waals surface area contributed by atoms with Crippen molar-refractivity contribution in [1.82, 2.24) is 25.6 Å². The van der Waals surface area contributed by atoms with Crippen molar-refractivity contribution in [2.24, 2.45) is 0 Å². The van der Waals surface area contributed by atoms with Crippen LogP contribution < -0.4 is 21.3 Å². The molecule has 0 aliphatic rings. The van der Waals surface area contributed by atoms with Gasteiger partial charge in [0.1, 0.15) is 17.3 Å². The second kappa shape index (κ2) is 11.1. The van der Waals surface area contributed by atoms with Crippen LogP contribution >= 0.6 is 11.6 Å². The third-order valence-electron chi connectivity index (χ3n) is 4.59. The molecule has 0 aliphatic carbocycles. The van der Waals surface area contributed by atoms with Gasteiger partial charge in [-0.2, -0.15) is 0 Å². The molecule has 3 rings (SSSR count). The summed E-state index contributed by atoms with van der Waals surface area (Å²) in [5, 5.41) is 12.8. The zero-order valence-corrected chi connectivity index (χ0v) is 18.7. The number of amides is 2. The number of benzene rings is 1. The van der Waals surface area contributed by atoms with E-state index in [9.17, 15) is 9.59 Å². The number of anilines is 2. The van der Waals surface area contributed by atoms with Crippen LogP contribution in [0.4, 0.5) is 11.6 Å². The number of nitrogens with zero attached hydrogens (tertiary/aromatic N) is 2. The maximum atomic E-state index is 12.1. The van der Waals surface area contributed by atoms with Crippen molar-refractivity contribution < 1.29 is 9.59 Å². The van der Waals surface area contributed by atoms with Gasteiger partial charge in [0.15, 0.2) is 5.82 Å². The lowest BCUT2D eigenvalue weighted by molar-refractivity contribution is -0.118. The van der Waals surface area contributed by atoms with Crippen LogP contribution in [0.5, 0.6) is 0 Å². The van der Waals surface area contributed by atoms with Crippen molar-refractivity contribution in [3.8, 4) is 11.4 Å². The van der Waals surface area contributed by atoms with E-state index in [4.69, 9.17) is 11.6 Å². The minimum Gasteiger partial charge on any atom is -0.368 e. The van der Waals surface area contributed by atoms with Crippen LogP contribution in [-0.2, 0) is 4.79 Å². The highest BCUT2D eigenvalue weighted by atomic mass is 35.5. The topological polar surface area (TPSA) is 124 Å². The zero-order chi connectivity index (χ0) is 22.9. The zero-order valence-electron chi connectivity index (χ0n) is 18.0. The Hall–Kier alpha value is -3.59. The molecule has 0 bridgehead atoms. The van der Waals surface area contributed by atoms with E-state index in [1.807, 2.05) is 19.1 Å². The van der Waals surface area contributed by atoms with E-state index >= 15 is 0 Å². The molecule has 2 heterocycles. The van der Waals surface area contributed by atoms with Gasteiger partial charge in [-0.15, -0.1) is 0 Å². The maximum absolute atomic E-state index is 12.1. The van der Waals surface area contributed by atoms with Crippen molar-refractivity contribution in [3.05, 3.63) is 58.9 Å². The molecule has 2 aromatic heterocycles. The fourth-order valence-electron chi connectivity index (χ4n) is 2.93. The van der Waals surface area contributed by atoms with Crippen LogP contribution in [0.25, 0.3) is 11.4 Å². The van der Waals surface area contributed by atoms with Crippen molar-refractivity contribution in [2.45, 2.75) is 13.8 Å². The lowest BCUT2D eigenvalue weighted by atomic mass is 10.2. The van der Waals surface area contributed by atoms with E-state index in [1.165, 1.54) is 6.92 Å². The molecule has 3 aromatic rings. The highest BCUT2D eigenvalue weighted by Gasteiger charge is 2.13. The standard InChI is InChI=1S/C22H26ClN7O2/c1-14-19(26-11-10-24-15(2)31)29-21(16-5-7-17(23)8-6-16)30-20(14)27-12-13-28-22(32)18-4-3-9-25-18/h3-9,25H,10-13H2,1-2H3,(H,24,31)(H,28,32)(H2,26,27,29,30). The number of rotatable bonds is 10. The number of nitrogens with one attached hydrogen (secondary N) is 5. The first-order valence-corrected chi connectivity index (χ1v) is 10.6. The number of H-pyrrole nitrogens is 1. The van der Waals surface area contributed by atoms with Gasteiger partial charge >= 0.3 is 0 Å². The first-order valence-electron chi connectivity index (χ1n) is 10.2. The number of carbonyl (C=O) groups excluding carboxylic acids is 2. The van der Waals surface area contributed by atoms with E-state index in [0.717, 1.165) is 11.1 Å². The fraction of sp³-hybridized carbons (Fsp3) is 0.273. The molecule has 1 aromatic carbocycles. The summed E-state index contributed by atoms with van der Waals surface area (Å²) >= 11 is 6.01. The Balaban J connectivity index is 1.71. The monoisotopic (exact) mass is 455 g/mol. The van der Waals surface area contributed by atoms with E-state index in [2.05, 4.69) is 36.2 Å². The Kier molecular flexibility index (Phi) is 8.04. The van der Waals surface area contributed by atoms with E-state index in [0.29, 0.717) is 54.4 Å². The molecular weight excluding hydrogens is 430 g/mol. The predicted octanol–water partition coefficient (Wildman–Crippen LogP) is 2.82. The molecule has 0 saturated carbocycles. The van der Waals surface area contributed by atoms with Gasteiger partial charge in [-0.1, -0.05) is 11.6 Å². The molecule has 168 valence electrons. The first kappa shape index (κ1) is 23.1. The van der Waals surface area contributed by atoms with E-state index < -0.39 is 0 Å². The second-order valence-corrected chi connectivity index (χ2v) is 7.49. The minimum atomic E-state index is -0.168. The molecule has 5 N–H and O–H groups in total. The van der Waals surface area contributed by atoms with Crippen molar-refractivity contribution in [1.29, 1.82) is 0 Å². The molecule has 0 radical (unpaired) electrons. The van der Waals surface area contributed by atoms with Crippen LogP contribution in [0.15, 0.2) is 42.6 Å². The molecule has 0 atom stereocenters. The van der Waals surface area contributed by atoms with Crippen LogP contribution in [0.3, 0.4) is 0 Å². The molecular formula is C22H26ClN7O2.